The number of hydrogen-bond acceptors (Lipinski definition) is 6. The Morgan fingerprint density at radius 2 is 2.03 bits per heavy atom. The number of nitrogens with zero attached hydrogens (tertiary/aromatic N) is 4. The standard InChI is InChI=1S/C20H21F3N6O/c1-30-16-7-17-25-9-15(29(17)28-18(16)10-2-3-10)19-12(22)6-13(23)20(27-19)26-14-8-24-5-4-11(14)21/h6-7,9-11,14,24H,2-5,8H2,1H3,(H,26,27)/t11-,14-/m0/s1. The van der Waals surface area contributed by atoms with Crippen molar-refractivity contribution < 1.29 is 17.9 Å². The molecule has 5 rings (SSSR count). The van der Waals surface area contributed by atoms with Crippen LogP contribution in [-0.4, -0.2) is 52.0 Å². The van der Waals surface area contributed by atoms with Gasteiger partial charge in [0.05, 0.1) is 19.3 Å². The van der Waals surface area contributed by atoms with Crippen LogP contribution in [0.4, 0.5) is 19.0 Å². The third kappa shape index (κ3) is 3.34. The maximum absolute atomic E-state index is 14.7. The van der Waals surface area contributed by atoms with Crippen molar-refractivity contribution in [3.8, 4) is 17.1 Å². The Kier molecular flexibility index (Phi) is 4.73. The van der Waals surface area contributed by atoms with E-state index in [-0.39, 0.29) is 17.2 Å². The van der Waals surface area contributed by atoms with Crippen molar-refractivity contribution in [2.45, 2.75) is 37.4 Å². The van der Waals surface area contributed by atoms with Gasteiger partial charge >= 0.3 is 0 Å². The number of nitrogens with one attached hydrogen (secondary N) is 2. The van der Waals surface area contributed by atoms with Gasteiger partial charge in [-0.3, -0.25) is 0 Å². The van der Waals surface area contributed by atoms with Crippen molar-refractivity contribution in [2.75, 3.05) is 25.5 Å². The summed E-state index contributed by atoms with van der Waals surface area (Å²) in [5, 5.41) is 10.4. The average molecular weight is 418 g/mol. The summed E-state index contributed by atoms with van der Waals surface area (Å²) < 4.78 is 50.1. The van der Waals surface area contributed by atoms with Gasteiger partial charge in [-0.2, -0.15) is 5.10 Å². The SMILES string of the molecule is COc1cc2ncc(-c3nc(N[C@H]4CNCC[C@@H]4F)c(F)cc3F)n2nc1C1CC1. The maximum atomic E-state index is 14.7. The smallest absolute Gasteiger partial charge is 0.168 e. The highest BCUT2D eigenvalue weighted by Gasteiger charge is 2.30. The molecule has 7 nitrogen and oxygen atoms in total. The lowest BCUT2D eigenvalue weighted by molar-refractivity contribution is 0.240. The number of ether oxygens (including phenoxy) is 1. The van der Waals surface area contributed by atoms with Crippen molar-refractivity contribution in [3.05, 3.63) is 35.7 Å². The van der Waals surface area contributed by atoms with E-state index in [9.17, 15) is 13.2 Å². The molecule has 10 heteroatoms. The zero-order valence-corrected chi connectivity index (χ0v) is 16.3. The van der Waals surface area contributed by atoms with Crippen LogP contribution in [0.2, 0.25) is 0 Å². The Hall–Kier alpha value is -2.88. The molecule has 0 radical (unpaired) electrons. The molecule has 2 fully saturated rings. The minimum absolute atomic E-state index is 0.106. The van der Waals surface area contributed by atoms with Gasteiger partial charge in [-0.15, -0.1) is 0 Å². The van der Waals surface area contributed by atoms with E-state index in [4.69, 9.17) is 4.74 Å². The molecule has 30 heavy (non-hydrogen) atoms. The first kappa shape index (κ1) is 19.1. The molecule has 0 bridgehead atoms. The molecule has 3 aromatic rings. The number of anilines is 1. The fraction of sp³-hybridized carbons (Fsp3) is 0.450. The molecule has 3 aromatic heterocycles. The Balaban J connectivity index is 1.56. The van der Waals surface area contributed by atoms with Crippen molar-refractivity contribution >= 4 is 11.5 Å². The van der Waals surface area contributed by atoms with Gasteiger partial charge in [0.15, 0.2) is 23.1 Å². The van der Waals surface area contributed by atoms with Gasteiger partial charge < -0.3 is 15.4 Å². The van der Waals surface area contributed by atoms with E-state index in [1.165, 1.54) is 10.7 Å². The fourth-order valence-electron chi connectivity index (χ4n) is 3.77. The summed E-state index contributed by atoms with van der Waals surface area (Å²) >= 11 is 0. The number of pyridine rings is 1. The zero-order chi connectivity index (χ0) is 20.8. The van der Waals surface area contributed by atoms with E-state index in [1.54, 1.807) is 13.2 Å². The van der Waals surface area contributed by atoms with E-state index in [0.717, 1.165) is 24.6 Å². The molecule has 4 heterocycles. The molecular weight excluding hydrogens is 397 g/mol. The molecule has 158 valence electrons. The number of alkyl halides is 1. The summed E-state index contributed by atoms with van der Waals surface area (Å²) in [6, 6.07) is 1.84. The number of fused-ring (bicyclic) bond motifs is 1. The van der Waals surface area contributed by atoms with Crippen LogP contribution in [0.5, 0.6) is 5.75 Å². The summed E-state index contributed by atoms with van der Waals surface area (Å²) in [4.78, 5) is 8.41. The molecule has 2 N–H and O–H groups in total. The fourth-order valence-corrected chi connectivity index (χ4v) is 3.77. The number of rotatable bonds is 5. The second-order valence-corrected chi connectivity index (χ2v) is 7.69. The summed E-state index contributed by atoms with van der Waals surface area (Å²) in [6.07, 6.45) is 2.63. The number of methoxy groups -OCH3 is 1. The molecule has 2 aliphatic rings. The van der Waals surface area contributed by atoms with Gasteiger partial charge in [-0.1, -0.05) is 0 Å². The number of halogens is 3. The molecule has 0 spiro atoms. The van der Waals surface area contributed by atoms with Gasteiger partial charge in [0, 0.05) is 24.6 Å². The highest BCUT2D eigenvalue weighted by Crippen LogP contribution is 2.43. The van der Waals surface area contributed by atoms with Crippen LogP contribution in [0.3, 0.4) is 0 Å². The third-order valence-electron chi connectivity index (χ3n) is 5.56. The topological polar surface area (TPSA) is 76.4 Å². The van der Waals surface area contributed by atoms with Crippen LogP contribution in [0.1, 0.15) is 30.9 Å². The van der Waals surface area contributed by atoms with Gasteiger partial charge in [0.2, 0.25) is 0 Å². The minimum atomic E-state index is -1.15. The largest absolute Gasteiger partial charge is 0.495 e. The zero-order valence-electron chi connectivity index (χ0n) is 16.3. The van der Waals surface area contributed by atoms with Gasteiger partial charge in [-0.25, -0.2) is 27.7 Å². The van der Waals surface area contributed by atoms with Crippen LogP contribution in [0, 0.1) is 11.6 Å². The van der Waals surface area contributed by atoms with Gasteiger partial charge in [0.1, 0.15) is 29.0 Å². The minimum Gasteiger partial charge on any atom is -0.495 e. The molecule has 1 saturated carbocycles. The lowest BCUT2D eigenvalue weighted by Gasteiger charge is -2.28. The Morgan fingerprint density at radius 3 is 2.77 bits per heavy atom. The van der Waals surface area contributed by atoms with Gasteiger partial charge in [0.25, 0.3) is 0 Å². The second-order valence-electron chi connectivity index (χ2n) is 7.69. The Labute approximate surface area is 170 Å². The summed E-state index contributed by atoms with van der Waals surface area (Å²) in [5.41, 5.74) is 1.42. The van der Waals surface area contributed by atoms with E-state index in [1.807, 2.05) is 0 Å². The number of hydrogen-bond donors (Lipinski definition) is 2. The monoisotopic (exact) mass is 418 g/mol. The summed E-state index contributed by atoms with van der Waals surface area (Å²) in [6.45, 7) is 0.890. The van der Waals surface area contributed by atoms with Crippen molar-refractivity contribution in [1.29, 1.82) is 0 Å². The first-order valence-electron chi connectivity index (χ1n) is 9.95. The molecule has 0 aromatic carbocycles. The molecular formula is C20H21F3N6O. The Morgan fingerprint density at radius 1 is 1.20 bits per heavy atom. The normalized spacial score (nSPS) is 21.7. The summed E-state index contributed by atoms with van der Waals surface area (Å²) in [7, 11) is 1.57. The maximum Gasteiger partial charge on any atom is 0.168 e. The lowest BCUT2D eigenvalue weighted by Crippen LogP contribution is -2.46. The third-order valence-corrected chi connectivity index (χ3v) is 5.56. The van der Waals surface area contributed by atoms with E-state index in [2.05, 4.69) is 25.7 Å². The second kappa shape index (κ2) is 7.42. The molecule has 0 amide bonds. The number of imidazole rings is 1. The van der Waals surface area contributed by atoms with E-state index in [0.29, 0.717) is 36.8 Å². The quantitative estimate of drug-likeness (QED) is 0.663. The van der Waals surface area contributed by atoms with E-state index >= 15 is 0 Å². The highest BCUT2D eigenvalue weighted by atomic mass is 19.1. The van der Waals surface area contributed by atoms with E-state index < -0.39 is 23.8 Å². The first-order valence-corrected chi connectivity index (χ1v) is 9.95. The van der Waals surface area contributed by atoms with Crippen molar-refractivity contribution in [1.82, 2.24) is 24.9 Å². The van der Waals surface area contributed by atoms with Crippen molar-refractivity contribution in [3.63, 3.8) is 0 Å². The molecule has 2 atom stereocenters. The van der Waals surface area contributed by atoms with Crippen LogP contribution in [-0.2, 0) is 0 Å². The van der Waals surface area contributed by atoms with Crippen LogP contribution >= 0.6 is 0 Å². The number of piperidine rings is 1. The first-order chi connectivity index (χ1) is 14.5. The predicted octanol–water partition coefficient (Wildman–Crippen LogP) is 3.07. The highest BCUT2D eigenvalue weighted by molar-refractivity contribution is 5.63. The van der Waals surface area contributed by atoms with Crippen molar-refractivity contribution in [2.24, 2.45) is 0 Å². The molecule has 1 saturated heterocycles. The number of aromatic nitrogens is 4. The van der Waals surface area contributed by atoms with Crippen LogP contribution in [0.25, 0.3) is 17.0 Å². The molecule has 1 aliphatic carbocycles. The van der Waals surface area contributed by atoms with Crippen LogP contribution in [0.15, 0.2) is 18.3 Å². The predicted molar refractivity (Wildman–Crippen MR) is 104 cm³/mol. The Bertz CT molecular complexity index is 1100. The average Bonchev–Trinajstić information content (AvgIpc) is 3.51. The molecule has 1 aliphatic heterocycles. The lowest BCUT2D eigenvalue weighted by atomic mass is 10.1. The van der Waals surface area contributed by atoms with Crippen LogP contribution < -0.4 is 15.4 Å². The summed E-state index contributed by atoms with van der Waals surface area (Å²) in [5.74, 6) is -0.993. The molecule has 0 unspecified atom stereocenters. The van der Waals surface area contributed by atoms with Gasteiger partial charge in [-0.05, 0) is 25.8 Å².